The molecular weight excluding hydrogens is 407 g/mol. The molecule has 0 aliphatic carbocycles. The number of fused-ring (bicyclic) bond motifs is 3. The Kier molecular flexibility index (Phi) is 4.60. The molecule has 0 aliphatic rings. The molecule has 154 valence electrons. The molecule has 9 nitrogen and oxygen atoms in total. The van der Waals surface area contributed by atoms with Gasteiger partial charge in [0.05, 0.1) is 18.5 Å². The Morgan fingerprint density at radius 3 is 2.73 bits per heavy atom. The second-order valence-electron chi connectivity index (χ2n) is 5.98. The first-order valence-electron chi connectivity index (χ1n) is 8.57. The van der Waals surface area contributed by atoms with Crippen molar-refractivity contribution in [1.29, 1.82) is 0 Å². The predicted molar refractivity (Wildman–Crippen MR) is 96.5 cm³/mol. The van der Waals surface area contributed by atoms with Crippen molar-refractivity contribution in [2.45, 2.75) is 13.3 Å². The molecule has 30 heavy (non-hydrogen) atoms. The highest BCUT2D eigenvalue weighted by molar-refractivity contribution is 5.96. The largest absolute Gasteiger partial charge is 0.573 e. The van der Waals surface area contributed by atoms with E-state index in [9.17, 15) is 22.8 Å². The number of aromatic nitrogens is 5. The van der Waals surface area contributed by atoms with E-state index in [1.807, 2.05) is 0 Å². The van der Waals surface area contributed by atoms with Gasteiger partial charge in [-0.05, 0) is 25.1 Å². The minimum atomic E-state index is -4.86. The number of carbonyl (C=O) groups is 1. The van der Waals surface area contributed by atoms with E-state index in [1.165, 1.54) is 35.1 Å². The Morgan fingerprint density at radius 2 is 2.00 bits per heavy atom. The van der Waals surface area contributed by atoms with Crippen LogP contribution >= 0.6 is 0 Å². The molecule has 0 fully saturated rings. The van der Waals surface area contributed by atoms with Crippen molar-refractivity contribution in [3.05, 3.63) is 58.6 Å². The zero-order valence-electron chi connectivity index (χ0n) is 15.3. The maximum absolute atomic E-state index is 12.9. The Bertz CT molecular complexity index is 1330. The lowest BCUT2D eigenvalue weighted by molar-refractivity contribution is -0.274. The first kappa shape index (κ1) is 19.4. The summed E-state index contributed by atoms with van der Waals surface area (Å²) in [6.45, 7) is 1.82. The van der Waals surface area contributed by atoms with Crippen LogP contribution in [0.3, 0.4) is 0 Å². The monoisotopic (exact) mass is 419 g/mol. The number of ether oxygens (including phenoxy) is 2. The fourth-order valence-electron chi connectivity index (χ4n) is 2.88. The summed E-state index contributed by atoms with van der Waals surface area (Å²) < 4.78 is 48.6. The van der Waals surface area contributed by atoms with Gasteiger partial charge in [-0.25, -0.2) is 9.31 Å². The smallest absolute Gasteiger partial charge is 0.462 e. The molecule has 3 aromatic heterocycles. The van der Waals surface area contributed by atoms with E-state index in [2.05, 4.69) is 20.0 Å². The van der Waals surface area contributed by atoms with Crippen LogP contribution in [-0.4, -0.2) is 43.3 Å². The lowest BCUT2D eigenvalue weighted by Gasteiger charge is -2.11. The Balaban J connectivity index is 1.82. The number of rotatable bonds is 4. The van der Waals surface area contributed by atoms with Gasteiger partial charge < -0.3 is 9.47 Å². The fourth-order valence-corrected chi connectivity index (χ4v) is 2.88. The minimum Gasteiger partial charge on any atom is -0.462 e. The molecule has 12 heteroatoms. The summed E-state index contributed by atoms with van der Waals surface area (Å²) in [7, 11) is 0. The van der Waals surface area contributed by atoms with E-state index in [0.717, 1.165) is 16.7 Å². The summed E-state index contributed by atoms with van der Waals surface area (Å²) in [6.07, 6.45) is -2.25. The van der Waals surface area contributed by atoms with Gasteiger partial charge in [0.2, 0.25) is 0 Å². The van der Waals surface area contributed by atoms with Gasteiger partial charge in [-0.2, -0.15) is 5.10 Å². The second kappa shape index (κ2) is 7.13. The lowest BCUT2D eigenvalue weighted by atomic mass is 10.2. The van der Waals surface area contributed by atoms with Crippen molar-refractivity contribution < 1.29 is 27.4 Å². The molecular formula is C18H12F3N5O4. The van der Waals surface area contributed by atoms with Crippen LogP contribution in [0.2, 0.25) is 0 Å². The predicted octanol–water partition coefficient (Wildman–Crippen LogP) is 2.50. The molecule has 3 heterocycles. The highest BCUT2D eigenvalue weighted by atomic mass is 19.4. The maximum atomic E-state index is 12.9. The minimum absolute atomic E-state index is 0.0902. The molecule has 0 bridgehead atoms. The van der Waals surface area contributed by atoms with E-state index >= 15 is 0 Å². The van der Waals surface area contributed by atoms with E-state index in [4.69, 9.17) is 4.74 Å². The molecule has 0 aliphatic heterocycles. The van der Waals surface area contributed by atoms with E-state index in [1.54, 1.807) is 6.92 Å². The van der Waals surface area contributed by atoms with E-state index in [0.29, 0.717) is 0 Å². The Hall–Kier alpha value is -3.96. The molecule has 1 aromatic carbocycles. The lowest BCUT2D eigenvalue weighted by Crippen LogP contribution is -2.21. The standard InChI is InChI=1S/C18H12F3N5O4/c1-2-29-17(28)12-9-22-26-13-6-7-25(16(27)14(13)23-24-15(12)26)10-4-3-5-11(8-10)30-18(19,20)21/h3-9H,2H2,1H3. The van der Waals surface area contributed by atoms with Crippen molar-refractivity contribution in [2.24, 2.45) is 0 Å². The molecule has 0 saturated heterocycles. The zero-order chi connectivity index (χ0) is 21.5. The third-order valence-electron chi connectivity index (χ3n) is 4.09. The quantitative estimate of drug-likeness (QED) is 0.469. The fraction of sp³-hybridized carbons (Fsp3) is 0.167. The summed E-state index contributed by atoms with van der Waals surface area (Å²) in [4.78, 5) is 24.9. The average Bonchev–Trinajstić information content (AvgIpc) is 3.12. The maximum Gasteiger partial charge on any atom is 0.573 e. The number of benzene rings is 1. The van der Waals surface area contributed by atoms with E-state index < -0.39 is 23.6 Å². The van der Waals surface area contributed by atoms with Crippen LogP contribution in [0.4, 0.5) is 13.2 Å². The van der Waals surface area contributed by atoms with Crippen molar-refractivity contribution >= 4 is 22.6 Å². The average molecular weight is 419 g/mol. The topological polar surface area (TPSA) is 101 Å². The zero-order valence-corrected chi connectivity index (χ0v) is 15.3. The van der Waals surface area contributed by atoms with Crippen molar-refractivity contribution in [2.75, 3.05) is 6.61 Å². The van der Waals surface area contributed by atoms with Crippen molar-refractivity contribution in [3.63, 3.8) is 0 Å². The molecule has 0 saturated carbocycles. The number of nitrogens with zero attached hydrogens (tertiary/aromatic N) is 5. The van der Waals surface area contributed by atoms with Gasteiger partial charge in [-0.3, -0.25) is 9.36 Å². The van der Waals surface area contributed by atoms with Crippen LogP contribution in [0.25, 0.3) is 22.4 Å². The van der Waals surface area contributed by atoms with Crippen LogP contribution in [0.1, 0.15) is 17.3 Å². The van der Waals surface area contributed by atoms with Crippen LogP contribution in [-0.2, 0) is 4.74 Å². The molecule has 0 radical (unpaired) electrons. The first-order valence-corrected chi connectivity index (χ1v) is 8.57. The SMILES string of the molecule is CCOC(=O)c1cnn2c1nnc1c(=O)n(-c3cccc(OC(F)(F)F)c3)ccc12. The first-order chi connectivity index (χ1) is 14.3. The van der Waals surface area contributed by atoms with Gasteiger partial charge in [0, 0.05) is 12.3 Å². The highest BCUT2D eigenvalue weighted by Crippen LogP contribution is 2.24. The van der Waals surface area contributed by atoms with Crippen LogP contribution in [0.5, 0.6) is 5.75 Å². The number of halogens is 3. The number of pyridine rings is 1. The number of carbonyl (C=O) groups excluding carboxylic acids is 1. The molecule has 0 atom stereocenters. The summed E-state index contributed by atoms with van der Waals surface area (Å²) >= 11 is 0. The highest BCUT2D eigenvalue weighted by Gasteiger charge is 2.31. The van der Waals surface area contributed by atoms with Crippen LogP contribution < -0.4 is 10.3 Å². The molecule has 0 unspecified atom stereocenters. The Morgan fingerprint density at radius 1 is 1.20 bits per heavy atom. The summed E-state index contributed by atoms with van der Waals surface area (Å²) in [6, 6.07) is 6.43. The normalized spacial score (nSPS) is 11.7. The van der Waals surface area contributed by atoms with Gasteiger partial charge >= 0.3 is 12.3 Å². The van der Waals surface area contributed by atoms with Gasteiger partial charge in [0.15, 0.2) is 11.2 Å². The molecule has 0 amide bonds. The number of hydrogen-bond donors (Lipinski definition) is 0. The van der Waals surface area contributed by atoms with Crippen LogP contribution in [0.15, 0.2) is 47.5 Å². The van der Waals surface area contributed by atoms with Crippen molar-refractivity contribution in [3.8, 4) is 11.4 Å². The summed E-state index contributed by atoms with van der Waals surface area (Å²) in [5.41, 5.74) is -0.131. The molecule has 0 spiro atoms. The third-order valence-corrected chi connectivity index (χ3v) is 4.09. The second-order valence-corrected chi connectivity index (χ2v) is 5.98. The van der Waals surface area contributed by atoms with Gasteiger partial charge in [0.1, 0.15) is 16.8 Å². The Labute approximate surface area is 165 Å². The number of esters is 1. The van der Waals surface area contributed by atoms with Crippen LogP contribution in [0, 0.1) is 0 Å². The molecule has 4 rings (SSSR count). The summed E-state index contributed by atoms with van der Waals surface area (Å²) in [5.74, 6) is -1.10. The molecule has 4 aromatic rings. The number of hydrogen-bond acceptors (Lipinski definition) is 7. The van der Waals surface area contributed by atoms with Gasteiger partial charge in [-0.15, -0.1) is 23.4 Å². The summed E-state index contributed by atoms with van der Waals surface area (Å²) in [5, 5.41) is 11.9. The molecule has 0 N–H and O–H groups in total. The third kappa shape index (κ3) is 3.43. The van der Waals surface area contributed by atoms with Gasteiger partial charge in [0.25, 0.3) is 5.56 Å². The van der Waals surface area contributed by atoms with E-state index in [-0.39, 0.29) is 34.5 Å². The van der Waals surface area contributed by atoms with Gasteiger partial charge in [-0.1, -0.05) is 6.07 Å². The number of alkyl halides is 3. The van der Waals surface area contributed by atoms with Crippen molar-refractivity contribution in [1.82, 2.24) is 24.4 Å².